The predicted molar refractivity (Wildman–Crippen MR) is 53.5 cm³/mol. The lowest BCUT2D eigenvalue weighted by atomic mass is 10.2. The van der Waals surface area contributed by atoms with Gasteiger partial charge in [0.25, 0.3) is 0 Å². The molecule has 1 saturated heterocycles. The van der Waals surface area contributed by atoms with Gasteiger partial charge in [-0.1, -0.05) is 6.92 Å². The average Bonchev–Trinajstić information content (AvgIpc) is 2.49. The van der Waals surface area contributed by atoms with E-state index < -0.39 is 0 Å². The van der Waals surface area contributed by atoms with Gasteiger partial charge < -0.3 is 5.32 Å². The van der Waals surface area contributed by atoms with E-state index in [2.05, 4.69) is 17.1 Å². The lowest BCUT2D eigenvalue weighted by Crippen LogP contribution is -2.45. The number of likely N-dealkylation sites (N-methyl/N-ethyl adjacent to an activating group) is 1. The molecule has 0 radical (unpaired) electrons. The van der Waals surface area contributed by atoms with Crippen molar-refractivity contribution in [1.82, 2.24) is 10.2 Å². The van der Waals surface area contributed by atoms with Crippen LogP contribution in [-0.2, 0) is 4.79 Å². The summed E-state index contributed by atoms with van der Waals surface area (Å²) in [4.78, 5) is 13.9. The van der Waals surface area contributed by atoms with E-state index in [1.54, 1.807) is 0 Å². The van der Waals surface area contributed by atoms with Crippen molar-refractivity contribution in [2.45, 2.75) is 45.7 Å². The molecule has 1 unspecified atom stereocenters. The zero-order valence-corrected chi connectivity index (χ0v) is 8.84. The second kappa shape index (κ2) is 4.61. The Hall–Kier alpha value is -0.570. The van der Waals surface area contributed by atoms with Crippen LogP contribution in [0.15, 0.2) is 0 Å². The molecular weight excluding hydrogens is 164 g/mol. The van der Waals surface area contributed by atoms with Crippen LogP contribution in [0.5, 0.6) is 0 Å². The van der Waals surface area contributed by atoms with Crippen molar-refractivity contribution in [2.75, 3.05) is 13.1 Å². The molecule has 1 amide bonds. The van der Waals surface area contributed by atoms with Crippen LogP contribution < -0.4 is 5.32 Å². The minimum absolute atomic E-state index is 0.132. The van der Waals surface area contributed by atoms with Crippen LogP contribution in [0.1, 0.15) is 33.6 Å². The monoisotopic (exact) mass is 184 g/mol. The van der Waals surface area contributed by atoms with E-state index in [9.17, 15) is 4.79 Å². The van der Waals surface area contributed by atoms with Gasteiger partial charge in [0.05, 0.1) is 6.04 Å². The third kappa shape index (κ3) is 2.69. The summed E-state index contributed by atoms with van der Waals surface area (Å²) in [7, 11) is 0. The summed E-state index contributed by atoms with van der Waals surface area (Å²) in [5.41, 5.74) is 0. The second-order valence-electron chi connectivity index (χ2n) is 3.95. The van der Waals surface area contributed by atoms with Gasteiger partial charge in [-0.25, -0.2) is 0 Å². The van der Waals surface area contributed by atoms with Gasteiger partial charge >= 0.3 is 0 Å². The molecular formula is C10H20N2O. The molecule has 76 valence electrons. The first-order valence-electron chi connectivity index (χ1n) is 5.19. The van der Waals surface area contributed by atoms with E-state index in [4.69, 9.17) is 0 Å². The molecule has 1 fully saturated rings. The number of carbonyl (C=O) groups is 1. The molecule has 1 heterocycles. The van der Waals surface area contributed by atoms with Crippen molar-refractivity contribution < 1.29 is 4.79 Å². The van der Waals surface area contributed by atoms with Crippen LogP contribution >= 0.6 is 0 Å². The Morgan fingerprint density at radius 1 is 1.62 bits per heavy atom. The minimum atomic E-state index is 0.132. The maximum Gasteiger partial charge on any atom is 0.237 e. The molecule has 0 spiro atoms. The molecule has 1 rings (SSSR count). The molecule has 0 aliphatic carbocycles. The lowest BCUT2D eigenvalue weighted by Gasteiger charge is -2.22. The van der Waals surface area contributed by atoms with E-state index in [1.165, 1.54) is 0 Å². The first kappa shape index (κ1) is 10.5. The largest absolute Gasteiger partial charge is 0.353 e. The zero-order chi connectivity index (χ0) is 9.84. The smallest absolute Gasteiger partial charge is 0.237 e. The number of amides is 1. The molecule has 1 N–H and O–H groups in total. The Balaban J connectivity index is 2.45. The summed E-state index contributed by atoms with van der Waals surface area (Å²) < 4.78 is 0. The highest BCUT2D eigenvalue weighted by Gasteiger charge is 2.29. The summed E-state index contributed by atoms with van der Waals surface area (Å²) in [6.45, 7) is 8.18. The summed E-state index contributed by atoms with van der Waals surface area (Å²) in [5, 5.41) is 2.97. The summed E-state index contributed by atoms with van der Waals surface area (Å²) >= 11 is 0. The number of rotatable bonds is 3. The molecule has 0 aromatic heterocycles. The Morgan fingerprint density at radius 3 is 2.85 bits per heavy atom. The molecule has 3 heteroatoms. The second-order valence-corrected chi connectivity index (χ2v) is 3.95. The van der Waals surface area contributed by atoms with Crippen LogP contribution in [0.2, 0.25) is 0 Å². The van der Waals surface area contributed by atoms with E-state index in [-0.39, 0.29) is 18.0 Å². The van der Waals surface area contributed by atoms with Crippen molar-refractivity contribution in [1.29, 1.82) is 0 Å². The van der Waals surface area contributed by atoms with Crippen LogP contribution in [0.3, 0.4) is 0 Å². The van der Waals surface area contributed by atoms with Gasteiger partial charge in [0.2, 0.25) is 5.91 Å². The van der Waals surface area contributed by atoms with Gasteiger partial charge in [-0.2, -0.15) is 0 Å². The van der Waals surface area contributed by atoms with Crippen molar-refractivity contribution in [2.24, 2.45) is 0 Å². The third-order valence-electron chi connectivity index (χ3n) is 2.50. The zero-order valence-electron chi connectivity index (χ0n) is 8.84. The van der Waals surface area contributed by atoms with E-state index in [1.807, 2.05) is 13.8 Å². The fraction of sp³-hybridized carbons (Fsp3) is 0.900. The molecule has 0 aromatic rings. The standard InChI is InChI=1S/C10H20N2O/c1-4-12-7-5-6-9(12)10(13)11-8(2)3/h8-9H,4-7H2,1-3H3,(H,11,13). The molecule has 3 nitrogen and oxygen atoms in total. The highest BCUT2D eigenvalue weighted by Crippen LogP contribution is 2.16. The molecule has 1 aliphatic rings. The maximum absolute atomic E-state index is 11.7. The maximum atomic E-state index is 11.7. The number of hydrogen-bond donors (Lipinski definition) is 1. The number of likely N-dealkylation sites (tertiary alicyclic amines) is 1. The topological polar surface area (TPSA) is 32.3 Å². The molecule has 0 aromatic carbocycles. The van der Waals surface area contributed by atoms with Crippen LogP contribution in [-0.4, -0.2) is 36.0 Å². The molecule has 1 aliphatic heterocycles. The lowest BCUT2D eigenvalue weighted by molar-refractivity contribution is -0.125. The number of nitrogens with one attached hydrogen (secondary N) is 1. The first-order valence-corrected chi connectivity index (χ1v) is 5.19. The van der Waals surface area contributed by atoms with Crippen molar-refractivity contribution in [3.05, 3.63) is 0 Å². The van der Waals surface area contributed by atoms with Gasteiger partial charge in [-0.3, -0.25) is 9.69 Å². The van der Waals surface area contributed by atoms with Gasteiger partial charge in [0.15, 0.2) is 0 Å². The van der Waals surface area contributed by atoms with E-state index >= 15 is 0 Å². The number of carbonyl (C=O) groups excluding carboxylic acids is 1. The average molecular weight is 184 g/mol. The molecule has 1 atom stereocenters. The number of hydrogen-bond acceptors (Lipinski definition) is 2. The molecule has 13 heavy (non-hydrogen) atoms. The molecule has 0 bridgehead atoms. The highest BCUT2D eigenvalue weighted by atomic mass is 16.2. The minimum Gasteiger partial charge on any atom is -0.353 e. The van der Waals surface area contributed by atoms with Gasteiger partial charge in [0, 0.05) is 6.04 Å². The molecule has 0 saturated carbocycles. The van der Waals surface area contributed by atoms with E-state index in [0.717, 1.165) is 25.9 Å². The van der Waals surface area contributed by atoms with Crippen LogP contribution in [0.4, 0.5) is 0 Å². The highest BCUT2D eigenvalue weighted by molar-refractivity contribution is 5.82. The fourth-order valence-electron chi connectivity index (χ4n) is 1.88. The van der Waals surface area contributed by atoms with Crippen molar-refractivity contribution in [3.8, 4) is 0 Å². The quantitative estimate of drug-likeness (QED) is 0.709. The van der Waals surface area contributed by atoms with Gasteiger partial charge in [-0.05, 0) is 39.8 Å². The summed E-state index contributed by atoms with van der Waals surface area (Å²) in [6, 6.07) is 0.388. The Kier molecular flexibility index (Phi) is 3.72. The summed E-state index contributed by atoms with van der Waals surface area (Å²) in [6.07, 6.45) is 2.18. The normalized spacial score (nSPS) is 23.8. The Morgan fingerprint density at radius 2 is 2.31 bits per heavy atom. The predicted octanol–water partition coefficient (Wildman–Crippen LogP) is 0.995. The van der Waals surface area contributed by atoms with Crippen molar-refractivity contribution in [3.63, 3.8) is 0 Å². The van der Waals surface area contributed by atoms with Crippen LogP contribution in [0.25, 0.3) is 0 Å². The van der Waals surface area contributed by atoms with Crippen molar-refractivity contribution >= 4 is 5.91 Å². The fourth-order valence-corrected chi connectivity index (χ4v) is 1.88. The van der Waals surface area contributed by atoms with Crippen LogP contribution in [0, 0.1) is 0 Å². The first-order chi connectivity index (χ1) is 6.15. The Labute approximate surface area is 80.5 Å². The third-order valence-corrected chi connectivity index (χ3v) is 2.50. The van der Waals surface area contributed by atoms with Gasteiger partial charge in [-0.15, -0.1) is 0 Å². The SMILES string of the molecule is CCN1CCCC1C(=O)NC(C)C. The number of nitrogens with zero attached hydrogens (tertiary/aromatic N) is 1. The van der Waals surface area contributed by atoms with Gasteiger partial charge in [0.1, 0.15) is 0 Å². The van der Waals surface area contributed by atoms with E-state index in [0.29, 0.717) is 0 Å². The summed E-state index contributed by atoms with van der Waals surface area (Å²) in [5.74, 6) is 0.203. The Bertz CT molecular complexity index is 180.